The van der Waals surface area contributed by atoms with Crippen LogP contribution in [0.1, 0.15) is 64.5 Å². The summed E-state index contributed by atoms with van der Waals surface area (Å²) < 4.78 is 1.98. The molecule has 0 aromatic carbocycles. The van der Waals surface area contributed by atoms with Gasteiger partial charge in [-0.3, -0.25) is 4.68 Å². The van der Waals surface area contributed by atoms with E-state index in [1.807, 2.05) is 17.8 Å². The highest BCUT2D eigenvalue weighted by atomic mass is 16.3. The maximum Gasteiger partial charge on any atom is 0.0817 e. The summed E-state index contributed by atoms with van der Waals surface area (Å²) in [6, 6.07) is 0. The average molecular weight is 238 g/mol. The first-order chi connectivity index (χ1) is 8.21. The average Bonchev–Trinajstić information content (AvgIpc) is 2.81. The Morgan fingerprint density at radius 3 is 2.65 bits per heavy atom. The topological polar surface area (TPSA) is 38.0 Å². The monoisotopic (exact) mass is 238 g/mol. The van der Waals surface area contributed by atoms with E-state index in [4.69, 9.17) is 0 Å². The molecule has 0 aliphatic rings. The van der Waals surface area contributed by atoms with Gasteiger partial charge in [-0.1, -0.05) is 40.0 Å². The van der Waals surface area contributed by atoms with Crippen molar-refractivity contribution in [1.29, 1.82) is 0 Å². The van der Waals surface area contributed by atoms with Gasteiger partial charge in [0.2, 0.25) is 0 Å². The molecule has 1 heterocycles. The summed E-state index contributed by atoms with van der Waals surface area (Å²) in [5.41, 5.74) is 0.942. The minimum atomic E-state index is -0.362. The van der Waals surface area contributed by atoms with Gasteiger partial charge in [0, 0.05) is 18.3 Å². The van der Waals surface area contributed by atoms with Crippen molar-refractivity contribution in [2.75, 3.05) is 0 Å². The smallest absolute Gasteiger partial charge is 0.0817 e. The Balaban J connectivity index is 2.52. The Morgan fingerprint density at radius 2 is 2.06 bits per heavy atom. The fraction of sp³-hybridized carbons (Fsp3) is 0.786. The number of aliphatic hydroxyl groups excluding tert-OH is 1. The molecule has 17 heavy (non-hydrogen) atoms. The number of hydrogen-bond donors (Lipinski definition) is 1. The maximum absolute atomic E-state index is 9.72. The molecule has 98 valence electrons. The second-order valence-electron chi connectivity index (χ2n) is 4.84. The molecule has 3 heteroatoms. The van der Waals surface area contributed by atoms with E-state index >= 15 is 0 Å². The van der Waals surface area contributed by atoms with Crippen molar-refractivity contribution in [2.45, 2.75) is 65.5 Å². The van der Waals surface area contributed by atoms with Gasteiger partial charge in [-0.15, -0.1) is 0 Å². The minimum Gasteiger partial charge on any atom is -0.388 e. The molecule has 0 fully saturated rings. The second-order valence-corrected chi connectivity index (χ2v) is 4.84. The predicted molar refractivity (Wildman–Crippen MR) is 70.8 cm³/mol. The number of aliphatic hydroxyl groups is 1. The summed E-state index contributed by atoms with van der Waals surface area (Å²) >= 11 is 0. The van der Waals surface area contributed by atoms with Crippen LogP contribution in [0.3, 0.4) is 0 Å². The van der Waals surface area contributed by atoms with E-state index in [0.717, 1.165) is 18.5 Å². The van der Waals surface area contributed by atoms with Crippen LogP contribution in [0.5, 0.6) is 0 Å². The highest BCUT2D eigenvalue weighted by Gasteiger charge is 2.10. The molecule has 1 aromatic rings. The Kier molecular flexibility index (Phi) is 6.27. The van der Waals surface area contributed by atoms with E-state index in [9.17, 15) is 5.11 Å². The lowest BCUT2D eigenvalue weighted by atomic mass is 9.99. The Labute approximate surface area is 105 Å². The molecule has 1 aromatic heterocycles. The lowest BCUT2D eigenvalue weighted by Crippen LogP contribution is -2.10. The number of rotatable bonds is 8. The van der Waals surface area contributed by atoms with Crippen LogP contribution in [-0.2, 0) is 6.54 Å². The molecule has 0 amide bonds. The van der Waals surface area contributed by atoms with E-state index in [-0.39, 0.29) is 6.10 Å². The van der Waals surface area contributed by atoms with Crippen LogP contribution in [-0.4, -0.2) is 14.9 Å². The van der Waals surface area contributed by atoms with Gasteiger partial charge in [-0.25, -0.2) is 0 Å². The van der Waals surface area contributed by atoms with Crippen LogP contribution < -0.4 is 0 Å². The van der Waals surface area contributed by atoms with Gasteiger partial charge < -0.3 is 5.11 Å². The van der Waals surface area contributed by atoms with Crippen molar-refractivity contribution in [2.24, 2.45) is 5.92 Å². The van der Waals surface area contributed by atoms with Crippen molar-refractivity contribution in [1.82, 2.24) is 9.78 Å². The highest BCUT2D eigenvalue weighted by molar-refractivity contribution is 5.07. The summed E-state index contributed by atoms with van der Waals surface area (Å²) in [4.78, 5) is 0. The number of aromatic nitrogens is 2. The number of nitrogens with zero attached hydrogens (tertiary/aromatic N) is 2. The van der Waals surface area contributed by atoms with Crippen LogP contribution in [0.2, 0.25) is 0 Å². The highest BCUT2D eigenvalue weighted by Crippen LogP contribution is 2.18. The molecule has 1 rings (SSSR count). The third-order valence-electron chi connectivity index (χ3n) is 3.41. The Bertz CT molecular complexity index is 309. The molecule has 3 nitrogen and oxygen atoms in total. The lowest BCUT2D eigenvalue weighted by Gasteiger charge is -2.14. The van der Waals surface area contributed by atoms with E-state index < -0.39 is 0 Å². The maximum atomic E-state index is 9.72. The summed E-state index contributed by atoms with van der Waals surface area (Å²) in [6.07, 6.45) is 9.20. The van der Waals surface area contributed by atoms with Crippen molar-refractivity contribution in [3.63, 3.8) is 0 Å². The van der Waals surface area contributed by atoms with Crippen LogP contribution >= 0.6 is 0 Å². The van der Waals surface area contributed by atoms with Crippen LogP contribution in [0.4, 0.5) is 0 Å². The zero-order chi connectivity index (χ0) is 12.7. The Morgan fingerprint density at radius 1 is 1.29 bits per heavy atom. The molecule has 0 spiro atoms. The second kappa shape index (κ2) is 7.49. The fourth-order valence-corrected chi connectivity index (χ4v) is 2.07. The summed E-state index contributed by atoms with van der Waals surface area (Å²) in [7, 11) is 0. The van der Waals surface area contributed by atoms with Gasteiger partial charge in [0.25, 0.3) is 0 Å². The summed E-state index contributed by atoms with van der Waals surface area (Å²) in [5, 5.41) is 14.1. The zero-order valence-electron chi connectivity index (χ0n) is 11.4. The fourth-order valence-electron chi connectivity index (χ4n) is 2.07. The molecule has 0 radical (unpaired) electrons. The van der Waals surface area contributed by atoms with E-state index in [1.54, 1.807) is 6.20 Å². The van der Waals surface area contributed by atoms with Gasteiger partial charge in [0.05, 0.1) is 12.3 Å². The number of unbranched alkanes of at least 4 members (excludes halogenated alkanes) is 1. The minimum absolute atomic E-state index is 0.362. The van der Waals surface area contributed by atoms with E-state index in [1.165, 1.54) is 25.7 Å². The molecule has 0 saturated carbocycles. The molecule has 0 bridgehead atoms. The van der Waals surface area contributed by atoms with Crippen LogP contribution in [0, 0.1) is 5.92 Å². The largest absolute Gasteiger partial charge is 0.388 e. The van der Waals surface area contributed by atoms with Gasteiger partial charge in [-0.05, 0) is 18.8 Å². The Hall–Kier alpha value is -0.830. The normalized spacial score (nSPS) is 14.8. The first kappa shape index (κ1) is 14.2. The molecule has 0 saturated heterocycles. The molecule has 0 aliphatic carbocycles. The zero-order valence-corrected chi connectivity index (χ0v) is 11.4. The molecule has 2 unspecified atom stereocenters. The van der Waals surface area contributed by atoms with Gasteiger partial charge >= 0.3 is 0 Å². The third-order valence-corrected chi connectivity index (χ3v) is 3.41. The van der Waals surface area contributed by atoms with Crippen molar-refractivity contribution in [3.05, 3.63) is 18.0 Å². The SMILES string of the molecule is CCCCC(CC)Cn1cc(C(O)CC)cn1. The van der Waals surface area contributed by atoms with Crippen molar-refractivity contribution in [3.8, 4) is 0 Å². The molecular formula is C14H26N2O. The predicted octanol–water partition coefficient (Wildman–Crippen LogP) is 3.54. The number of hydrogen-bond acceptors (Lipinski definition) is 2. The molecule has 1 N–H and O–H groups in total. The quantitative estimate of drug-likeness (QED) is 0.752. The lowest BCUT2D eigenvalue weighted by molar-refractivity contribution is 0.173. The van der Waals surface area contributed by atoms with E-state index in [2.05, 4.69) is 18.9 Å². The summed E-state index contributed by atoms with van der Waals surface area (Å²) in [5.74, 6) is 0.710. The molecular weight excluding hydrogens is 212 g/mol. The van der Waals surface area contributed by atoms with Gasteiger partial charge in [0.1, 0.15) is 0 Å². The molecule has 0 aliphatic heterocycles. The standard InChI is InChI=1S/C14H26N2O/c1-4-7-8-12(5-2)10-16-11-13(9-15-16)14(17)6-3/h9,11-12,14,17H,4-8,10H2,1-3H3. The molecule has 2 atom stereocenters. The van der Waals surface area contributed by atoms with Crippen LogP contribution in [0.25, 0.3) is 0 Å². The summed E-state index contributed by atoms with van der Waals surface area (Å²) in [6.45, 7) is 7.44. The van der Waals surface area contributed by atoms with Crippen molar-refractivity contribution >= 4 is 0 Å². The first-order valence-corrected chi connectivity index (χ1v) is 6.91. The van der Waals surface area contributed by atoms with Crippen molar-refractivity contribution < 1.29 is 5.11 Å². The van der Waals surface area contributed by atoms with Gasteiger partial charge in [-0.2, -0.15) is 5.10 Å². The first-order valence-electron chi connectivity index (χ1n) is 6.91. The van der Waals surface area contributed by atoms with Gasteiger partial charge in [0.15, 0.2) is 0 Å². The van der Waals surface area contributed by atoms with E-state index in [0.29, 0.717) is 5.92 Å². The van der Waals surface area contributed by atoms with Crippen LogP contribution in [0.15, 0.2) is 12.4 Å². The third kappa shape index (κ3) is 4.50.